The van der Waals surface area contributed by atoms with Gasteiger partial charge in [-0.1, -0.05) is 19.9 Å². The van der Waals surface area contributed by atoms with Gasteiger partial charge in [0.15, 0.2) is 0 Å². The normalized spacial score (nSPS) is 13.0. The van der Waals surface area contributed by atoms with E-state index in [1.54, 1.807) is 19.9 Å². The lowest BCUT2D eigenvalue weighted by molar-refractivity contribution is -0.141. The molecule has 0 aromatic rings. The summed E-state index contributed by atoms with van der Waals surface area (Å²) in [6, 6.07) is -2.16. The number of amides is 3. The first-order valence-electron chi connectivity index (χ1n) is 8.94. The Hall–Kier alpha value is -2.91. The van der Waals surface area contributed by atoms with Crippen molar-refractivity contribution in [2.75, 3.05) is 0 Å². The molecule has 0 aliphatic rings. The number of nitrogens with one attached hydrogen (secondary N) is 2. The zero-order valence-electron chi connectivity index (χ0n) is 16.6. The van der Waals surface area contributed by atoms with Crippen molar-refractivity contribution in [3.8, 4) is 0 Å². The van der Waals surface area contributed by atoms with Crippen LogP contribution in [0.4, 0.5) is 0 Å². The number of primary amides is 1. The van der Waals surface area contributed by atoms with E-state index in [0.717, 1.165) is 0 Å². The molecule has 160 valence electrons. The SMILES string of the molecule is C=CC.CC[C@H](CC(=O)O)C(=O)NC(CCC(=O)O)C(=O)N[C@@H](CC)C(N)=O. The van der Waals surface area contributed by atoms with Gasteiger partial charge >= 0.3 is 11.9 Å². The second-order valence-electron chi connectivity index (χ2n) is 5.98. The van der Waals surface area contributed by atoms with E-state index in [4.69, 9.17) is 15.9 Å². The molecule has 6 N–H and O–H groups in total. The van der Waals surface area contributed by atoms with Crippen LogP contribution in [-0.4, -0.2) is 52.0 Å². The lowest BCUT2D eigenvalue weighted by Gasteiger charge is -2.22. The van der Waals surface area contributed by atoms with Crippen molar-refractivity contribution in [1.29, 1.82) is 0 Å². The summed E-state index contributed by atoms with van der Waals surface area (Å²) in [5.41, 5.74) is 5.14. The highest BCUT2D eigenvalue weighted by Gasteiger charge is 2.28. The smallest absolute Gasteiger partial charge is 0.304 e. The number of carboxylic acids is 2. The highest BCUT2D eigenvalue weighted by molar-refractivity contribution is 5.92. The molecule has 0 bridgehead atoms. The number of hydrogen-bond donors (Lipinski definition) is 5. The van der Waals surface area contributed by atoms with Gasteiger partial charge in [-0.25, -0.2) is 0 Å². The van der Waals surface area contributed by atoms with Crippen LogP contribution >= 0.6 is 0 Å². The predicted molar refractivity (Wildman–Crippen MR) is 102 cm³/mol. The molecular weight excluding hydrogens is 370 g/mol. The molecule has 10 nitrogen and oxygen atoms in total. The fraction of sp³-hybridized carbons (Fsp3) is 0.611. The molecule has 0 spiro atoms. The van der Waals surface area contributed by atoms with Gasteiger partial charge in [0.1, 0.15) is 12.1 Å². The lowest BCUT2D eigenvalue weighted by Crippen LogP contribution is -2.53. The van der Waals surface area contributed by atoms with E-state index in [0.29, 0.717) is 0 Å². The van der Waals surface area contributed by atoms with Crippen LogP contribution in [0.25, 0.3) is 0 Å². The second-order valence-corrected chi connectivity index (χ2v) is 5.98. The van der Waals surface area contributed by atoms with Gasteiger partial charge in [-0.05, 0) is 26.2 Å². The van der Waals surface area contributed by atoms with Gasteiger partial charge in [0, 0.05) is 12.3 Å². The van der Waals surface area contributed by atoms with E-state index < -0.39 is 54.1 Å². The van der Waals surface area contributed by atoms with Crippen LogP contribution in [0.15, 0.2) is 12.7 Å². The quantitative estimate of drug-likeness (QED) is 0.294. The topological polar surface area (TPSA) is 176 Å². The van der Waals surface area contributed by atoms with Crippen LogP contribution < -0.4 is 16.4 Å². The number of allylic oxidation sites excluding steroid dienone is 1. The summed E-state index contributed by atoms with van der Waals surface area (Å²) < 4.78 is 0. The van der Waals surface area contributed by atoms with Gasteiger partial charge in [-0.15, -0.1) is 6.58 Å². The van der Waals surface area contributed by atoms with Crippen molar-refractivity contribution < 1.29 is 34.2 Å². The van der Waals surface area contributed by atoms with E-state index in [2.05, 4.69) is 17.2 Å². The molecule has 0 aromatic heterocycles. The second kappa shape index (κ2) is 15.2. The number of carbonyl (C=O) groups is 5. The fourth-order valence-corrected chi connectivity index (χ4v) is 2.11. The number of carbonyl (C=O) groups excluding carboxylic acids is 3. The van der Waals surface area contributed by atoms with E-state index in [1.165, 1.54) is 0 Å². The third-order valence-electron chi connectivity index (χ3n) is 3.63. The highest BCUT2D eigenvalue weighted by Crippen LogP contribution is 2.10. The minimum Gasteiger partial charge on any atom is -0.481 e. The van der Waals surface area contributed by atoms with Gasteiger partial charge in [-0.2, -0.15) is 0 Å². The Balaban J connectivity index is 0. The van der Waals surface area contributed by atoms with Crippen molar-refractivity contribution in [1.82, 2.24) is 10.6 Å². The van der Waals surface area contributed by atoms with Crippen LogP contribution in [-0.2, 0) is 24.0 Å². The van der Waals surface area contributed by atoms with Crippen molar-refractivity contribution >= 4 is 29.7 Å². The van der Waals surface area contributed by atoms with E-state index >= 15 is 0 Å². The van der Waals surface area contributed by atoms with Crippen LogP contribution in [0.2, 0.25) is 0 Å². The third kappa shape index (κ3) is 12.4. The van der Waals surface area contributed by atoms with Gasteiger partial charge in [-0.3, -0.25) is 24.0 Å². The third-order valence-corrected chi connectivity index (χ3v) is 3.63. The molecule has 10 heteroatoms. The Bertz CT molecular complexity index is 563. The summed E-state index contributed by atoms with van der Waals surface area (Å²) in [7, 11) is 0. The molecule has 3 amide bonds. The first-order valence-corrected chi connectivity index (χ1v) is 8.94. The molecule has 0 aromatic carbocycles. The Labute approximate surface area is 164 Å². The van der Waals surface area contributed by atoms with Crippen LogP contribution in [0.1, 0.15) is 52.9 Å². The molecule has 0 rings (SSSR count). The van der Waals surface area contributed by atoms with Crippen molar-refractivity contribution in [3.63, 3.8) is 0 Å². The average molecular weight is 401 g/mol. The van der Waals surface area contributed by atoms with Crippen molar-refractivity contribution in [2.45, 2.75) is 65.0 Å². The van der Waals surface area contributed by atoms with E-state index in [1.807, 2.05) is 6.92 Å². The van der Waals surface area contributed by atoms with Crippen LogP contribution in [0, 0.1) is 5.92 Å². The number of carboxylic acid groups (broad SMARTS) is 2. The molecule has 3 atom stereocenters. The Morgan fingerprint density at radius 3 is 1.82 bits per heavy atom. The monoisotopic (exact) mass is 401 g/mol. The van der Waals surface area contributed by atoms with Gasteiger partial charge < -0.3 is 26.6 Å². The lowest BCUT2D eigenvalue weighted by atomic mass is 10.00. The average Bonchev–Trinajstić information content (AvgIpc) is 2.60. The summed E-state index contributed by atoms with van der Waals surface area (Å²) in [4.78, 5) is 57.2. The minimum atomic E-state index is -1.21. The molecular formula is C18H31N3O7. The molecule has 0 radical (unpaired) electrons. The standard InChI is InChI=1S/C15H25N3O7.C3H6/c1-3-8(7-12(21)22)14(24)18-10(5-6-11(19)20)15(25)17-9(4-2)13(16)23;1-3-2/h8-10H,3-7H2,1-2H3,(H2,16,23)(H,17,25)(H,18,24)(H,19,20)(H,21,22);3H,1H2,2H3/t8-,9+,10?;/m1./s1. The molecule has 0 fully saturated rings. The first-order chi connectivity index (χ1) is 13.0. The molecule has 1 unspecified atom stereocenters. The van der Waals surface area contributed by atoms with Gasteiger partial charge in [0.25, 0.3) is 0 Å². The number of aliphatic carboxylic acids is 2. The molecule has 0 saturated heterocycles. The summed E-state index contributed by atoms with van der Waals surface area (Å²) in [5.74, 6) is -5.33. The summed E-state index contributed by atoms with van der Waals surface area (Å²) in [6.07, 6.45) is 1.23. The summed E-state index contributed by atoms with van der Waals surface area (Å²) >= 11 is 0. The Morgan fingerprint density at radius 2 is 1.46 bits per heavy atom. The predicted octanol–water partition coefficient (Wildman–Crippen LogP) is 0.409. The van der Waals surface area contributed by atoms with Gasteiger partial charge in [0.05, 0.1) is 6.42 Å². The minimum absolute atomic E-state index is 0.203. The fourth-order valence-electron chi connectivity index (χ4n) is 2.11. The number of nitrogens with two attached hydrogens (primary N) is 1. The van der Waals surface area contributed by atoms with E-state index in [9.17, 15) is 24.0 Å². The summed E-state index contributed by atoms with van der Waals surface area (Å²) in [5, 5.41) is 22.3. The Kier molecular flexibility index (Phi) is 14.8. The van der Waals surface area contributed by atoms with E-state index in [-0.39, 0.29) is 25.7 Å². The zero-order valence-corrected chi connectivity index (χ0v) is 16.6. The number of rotatable bonds is 12. The number of hydrogen-bond acceptors (Lipinski definition) is 5. The molecule has 0 heterocycles. The van der Waals surface area contributed by atoms with Crippen LogP contribution in [0.5, 0.6) is 0 Å². The summed E-state index contributed by atoms with van der Waals surface area (Å²) in [6.45, 7) is 8.50. The molecule has 0 saturated carbocycles. The largest absolute Gasteiger partial charge is 0.481 e. The maximum absolute atomic E-state index is 12.3. The molecule has 0 aliphatic heterocycles. The maximum Gasteiger partial charge on any atom is 0.304 e. The van der Waals surface area contributed by atoms with Crippen molar-refractivity contribution in [2.24, 2.45) is 11.7 Å². The Morgan fingerprint density at radius 1 is 0.964 bits per heavy atom. The zero-order chi connectivity index (χ0) is 22.3. The first kappa shape index (κ1) is 27.3. The van der Waals surface area contributed by atoms with Crippen molar-refractivity contribution in [3.05, 3.63) is 12.7 Å². The highest BCUT2D eigenvalue weighted by atomic mass is 16.4. The maximum atomic E-state index is 12.3. The van der Waals surface area contributed by atoms with Gasteiger partial charge in [0.2, 0.25) is 17.7 Å². The molecule has 28 heavy (non-hydrogen) atoms. The molecule has 0 aliphatic carbocycles. The van der Waals surface area contributed by atoms with Crippen LogP contribution in [0.3, 0.4) is 0 Å².